The first-order valence-electron chi connectivity index (χ1n) is 27.0. The summed E-state index contributed by atoms with van der Waals surface area (Å²) in [6.07, 6.45) is 11.7. The molecule has 4 aliphatic rings. The molecule has 0 unspecified atom stereocenters. The second-order valence-corrected chi connectivity index (χ2v) is 21.2. The molecule has 12 rings (SSSR count). The molecule has 4 aliphatic heterocycles. The maximum Gasteiger partial charge on any atom is 0.255 e. The van der Waals surface area contributed by atoms with E-state index in [-0.39, 0.29) is 23.9 Å². The van der Waals surface area contributed by atoms with Crippen LogP contribution >= 0.6 is 0 Å². The van der Waals surface area contributed by atoms with E-state index in [1.807, 2.05) is 87.7 Å². The average Bonchev–Trinajstić information content (AvgIpc) is 4.33. The number of anilines is 2. The summed E-state index contributed by atoms with van der Waals surface area (Å²) in [7, 11) is 0. The number of carbonyl (C=O) groups excluding carboxylic acids is 2. The van der Waals surface area contributed by atoms with Crippen molar-refractivity contribution in [2.75, 3.05) is 62.3 Å². The van der Waals surface area contributed by atoms with Crippen molar-refractivity contribution < 1.29 is 27.8 Å². The number of aromatic amines is 2. The van der Waals surface area contributed by atoms with Gasteiger partial charge in [-0.3, -0.25) is 19.8 Å². The number of nitrogens with one attached hydrogen (secondary N) is 2. The lowest BCUT2D eigenvalue weighted by Gasteiger charge is -2.47. The number of rotatable bonds is 12. The molecule has 8 aromatic heterocycles. The van der Waals surface area contributed by atoms with Gasteiger partial charge in [-0.25, -0.2) is 48.0 Å². The number of hydrogen-bond acceptors (Lipinski definition) is 16. The third kappa shape index (κ3) is 11.4. The highest BCUT2D eigenvalue weighted by Gasteiger charge is 2.50. The average molecular weight is 1090 g/mol. The summed E-state index contributed by atoms with van der Waals surface area (Å²) >= 11 is 0. The predicted octanol–water partition coefficient (Wildman–Crippen LogP) is 6.17. The highest BCUT2D eigenvalue weighted by atomic mass is 19.1. The van der Waals surface area contributed by atoms with Crippen molar-refractivity contribution in [1.82, 2.24) is 79.7 Å². The number of hydrogen-bond donors (Lipinski definition) is 2. The van der Waals surface area contributed by atoms with E-state index < -0.39 is 22.8 Å². The van der Waals surface area contributed by atoms with Crippen molar-refractivity contribution in [2.24, 2.45) is 0 Å². The summed E-state index contributed by atoms with van der Waals surface area (Å²) < 4.78 is 41.8. The molecule has 12 heterocycles. The van der Waals surface area contributed by atoms with Crippen LogP contribution in [0.2, 0.25) is 0 Å². The maximum absolute atomic E-state index is 13.8. The van der Waals surface area contributed by atoms with Crippen LogP contribution < -0.4 is 9.80 Å². The van der Waals surface area contributed by atoms with Crippen LogP contribution in [0.15, 0.2) is 85.7 Å². The number of amides is 2. The minimum atomic E-state index is -0.859. The van der Waals surface area contributed by atoms with Crippen LogP contribution in [0.4, 0.5) is 20.7 Å². The predicted molar refractivity (Wildman–Crippen MR) is 289 cm³/mol. The van der Waals surface area contributed by atoms with Crippen LogP contribution in [-0.4, -0.2) is 155 Å². The van der Waals surface area contributed by atoms with Crippen molar-refractivity contribution in [2.45, 2.75) is 103 Å². The SMILES string of the molecule is Cc1cc(Cc2cc(C)[nH]n2)nc(N2CCC3(CC2)OCCN([C@@H](C)c2ccc(-n4cc(F)cn4)nc2)C3=O)n1.Cc1cc(Cc2cc(C)[nH]n2)nc(N2CCC3(CC2)OCCN([C@H](C)c2ccc(-n4cc(F)cn4)nc2)C3=O)n1. The number of pyridine rings is 2. The van der Waals surface area contributed by atoms with Gasteiger partial charge in [-0.1, -0.05) is 12.1 Å². The fraction of sp³-hybridized carbons (Fsp3) is 0.429. The van der Waals surface area contributed by atoms with Gasteiger partial charge in [0.1, 0.15) is 11.2 Å². The summed E-state index contributed by atoms with van der Waals surface area (Å²) in [5.41, 5.74) is 7.61. The van der Waals surface area contributed by atoms with Crippen LogP contribution in [0.1, 0.15) is 108 Å². The number of halogens is 2. The molecule has 2 atom stereocenters. The Balaban J connectivity index is 0.000000169. The lowest BCUT2D eigenvalue weighted by molar-refractivity contribution is -0.179. The quantitative estimate of drug-likeness (QED) is 0.139. The molecule has 2 N–H and O–H groups in total. The molecule has 2 spiro atoms. The Morgan fingerprint density at radius 2 is 0.963 bits per heavy atom. The summed E-state index contributed by atoms with van der Waals surface area (Å²) in [4.78, 5) is 63.6. The van der Waals surface area contributed by atoms with Gasteiger partial charge in [-0.05, 0) is 89.1 Å². The lowest BCUT2D eigenvalue weighted by Crippen LogP contribution is -2.61. The number of ether oxygens (including phenoxy) is 2. The number of aryl methyl sites for hydroxylation is 4. The van der Waals surface area contributed by atoms with Crippen LogP contribution in [0, 0.1) is 39.3 Å². The molecule has 22 nitrogen and oxygen atoms in total. The van der Waals surface area contributed by atoms with Gasteiger partial charge in [0.25, 0.3) is 11.8 Å². The van der Waals surface area contributed by atoms with Crippen molar-refractivity contribution in [3.63, 3.8) is 0 Å². The zero-order chi connectivity index (χ0) is 55.7. The van der Waals surface area contributed by atoms with E-state index in [0.29, 0.717) is 115 Å². The lowest BCUT2D eigenvalue weighted by atomic mass is 9.87. The molecule has 0 saturated carbocycles. The molecule has 8 aromatic rings. The Kier molecular flexibility index (Phi) is 15.0. The highest BCUT2D eigenvalue weighted by molar-refractivity contribution is 5.87. The van der Waals surface area contributed by atoms with E-state index in [1.54, 1.807) is 24.5 Å². The van der Waals surface area contributed by atoms with Crippen LogP contribution in [0.25, 0.3) is 11.6 Å². The van der Waals surface area contributed by atoms with Gasteiger partial charge < -0.3 is 29.1 Å². The van der Waals surface area contributed by atoms with E-state index in [0.717, 1.165) is 69.1 Å². The van der Waals surface area contributed by atoms with E-state index >= 15 is 0 Å². The molecule has 0 aromatic carbocycles. The maximum atomic E-state index is 13.8. The Morgan fingerprint density at radius 1 is 0.550 bits per heavy atom. The number of piperidine rings is 2. The Bertz CT molecular complexity index is 3240. The van der Waals surface area contributed by atoms with Crippen molar-refractivity contribution >= 4 is 23.7 Å². The van der Waals surface area contributed by atoms with Gasteiger partial charge in [-0.15, -0.1) is 0 Å². The Labute approximate surface area is 461 Å². The van der Waals surface area contributed by atoms with Gasteiger partial charge in [0, 0.05) is 113 Å². The van der Waals surface area contributed by atoms with Crippen molar-refractivity contribution in [3.05, 3.63) is 154 Å². The molecule has 0 radical (unpaired) electrons. The summed E-state index contributed by atoms with van der Waals surface area (Å²) in [6.45, 7) is 16.3. The van der Waals surface area contributed by atoms with Crippen LogP contribution in [-0.2, 0) is 31.9 Å². The minimum absolute atomic E-state index is 0.00359. The molecule has 80 heavy (non-hydrogen) atoms. The number of nitrogens with zero attached hydrogens (tertiary/aromatic N) is 16. The van der Waals surface area contributed by atoms with Crippen LogP contribution in [0.3, 0.4) is 0 Å². The molecule has 2 amide bonds. The van der Waals surface area contributed by atoms with Crippen molar-refractivity contribution in [3.8, 4) is 11.6 Å². The number of carbonyl (C=O) groups is 2. The normalized spacial score (nSPS) is 17.9. The third-order valence-electron chi connectivity index (χ3n) is 15.5. The van der Waals surface area contributed by atoms with E-state index in [4.69, 9.17) is 19.4 Å². The van der Waals surface area contributed by atoms with E-state index in [1.165, 1.54) is 21.8 Å². The standard InChI is InChI=1S/2C28H32FN9O2/c2*1-18-12-23(14-24-13-19(2)34-35-24)33-27(32-18)36-8-6-28(7-9-36)26(39)37(10-11-40-28)20(3)21-4-5-25(30-15-21)38-17-22(29)16-31-38/h2*4-5,12-13,15-17,20H,6-11,14H2,1-3H3,(H,34,35)/t2*20-/m10/s1. The molecular weight excluding hydrogens is 1030 g/mol. The van der Waals surface area contributed by atoms with Crippen LogP contribution in [0.5, 0.6) is 0 Å². The Morgan fingerprint density at radius 3 is 1.30 bits per heavy atom. The molecule has 4 fully saturated rings. The van der Waals surface area contributed by atoms with Gasteiger partial charge >= 0.3 is 0 Å². The minimum Gasteiger partial charge on any atom is -0.363 e. The second kappa shape index (κ2) is 22.4. The largest absolute Gasteiger partial charge is 0.363 e. The second-order valence-electron chi connectivity index (χ2n) is 21.2. The third-order valence-corrected chi connectivity index (χ3v) is 15.5. The number of aromatic nitrogens is 14. The van der Waals surface area contributed by atoms with Gasteiger partial charge in [-0.2, -0.15) is 20.4 Å². The zero-order valence-corrected chi connectivity index (χ0v) is 45.7. The first kappa shape index (κ1) is 53.6. The number of H-pyrrole nitrogens is 2. The highest BCUT2D eigenvalue weighted by Crippen LogP contribution is 2.38. The molecular formula is C56H64F2N18O4. The van der Waals surface area contributed by atoms with E-state index in [9.17, 15) is 18.4 Å². The smallest absolute Gasteiger partial charge is 0.255 e. The zero-order valence-electron chi connectivity index (χ0n) is 45.7. The monoisotopic (exact) mass is 1090 g/mol. The molecule has 24 heteroatoms. The Hall–Kier alpha value is -8.38. The summed E-state index contributed by atoms with van der Waals surface area (Å²) in [6, 6.07) is 15.0. The fourth-order valence-corrected chi connectivity index (χ4v) is 11.1. The summed E-state index contributed by atoms with van der Waals surface area (Å²) in [5, 5.41) is 22.5. The molecule has 0 aliphatic carbocycles. The van der Waals surface area contributed by atoms with Gasteiger partial charge in [0.2, 0.25) is 11.9 Å². The first-order valence-corrected chi connectivity index (χ1v) is 27.0. The molecule has 4 saturated heterocycles. The summed E-state index contributed by atoms with van der Waals surface area (Å²) in [5.74, 6) is 1.53. The number of morpholine rings is 2. The van der Waals surface area contributed by atoms with Gasteiger partial charge in [0.05, 0.1) is 72.9 Å². The van der Waals surface area contributed by atoms with Gasteiger partial charge in [0.15, 0.2) is 23.3 Å². The molecule has 416 valence electrons. The fourth-order valence-electron chi connectivity index (χ4n) is 11.1. The molecule has 0 bridgehead atoms. The van der Waals surface area contributed by atoms with E-state index in [2.05, 4.69) is 60.3 Å². The first-order chi connectivity index (χ1) is 38.6. The van der Waals surface area contributed by atoms with Crippen molar-refractivity contribution in [1.29, 1.82) is 0 Å². The topological polar surface area (TPSA) is 236 Å².